The van der Waals surface area contributed by atoms with E-state index in [9.17, 15) is 9.18 Å². The van der Waals surface area contributed by atoms with Gasteiger partial charge < -0.3 is 5.32 Å². The molecule has 0 atom stereocenters. The lowest BCUT2D eigenvalue weighted by Crippen LogP contribution is -2.15. The van der Waals surface area contributed by atoms with Gasteiger partial charge in [0.25, 0.3) is 0 Å². The van der Waals surface area contributed by atoms with Gasteiger partial charge in [0.05, 0.1) is 5.69 Å². The number of aryl methyl sites for hydroxylation is 1. The topological polar surface area (TPSA) is 75.6 Å². The lowest BCUT2D eigenvalue weighted by atomic mass is 10.1. The van der Waals surface area contributed by atoms with E-state index in [0.29, 0.717) is 33.5 Å². The van der Waals surface area contributed by atoms with Crippen LogP contribution >= 0.6 is 23.6 Å². The van der Waals surface area contributed by atoms with Crippen LogP contribution in [0, 0.1) is 17.5 Å². The summed E-state index contributed by atoms with van der Waals surface area (Å²) in [4.78, 5) is 16.8. The van der Waals surface area contributed by atoms with Crippen molar-refractivity contribution in [1.82, 2.24) is 19.7 Å². The molecule has 1 amide bonds. The van der Waals surface area contributed by atoms with Crippen molar-refractivity contribution in [3.63, 3.8) is 0 Å². The molecule has 0 aliphatic rings. The standard InChI is InChI=1S/C21H18FN5OS2/c1-13-4-2-6-15(10-13)19-25-26-21(29)27(19)9-8-18(28)24-20-23-17(12-30-20)14-5-3-7-16(22)11-14/h2-7,10-12H,8-9H2,1H3,(H,26,29)(H,23,24,28). The summed E-state index contributed by atoms with van der Waals surface area (Å²) in [5.74, 6) is 0.180. The van der Waals surface area contributed by atoms with Crippen LogP contribution in [-0.4, -0.2) is 25.7 Å². The summed E-state index contributed by atoms with van der Waals surface area (Å²) in [6.07, 6.45) is 0.210. The van der Waals surface area contributed by atoms with Crippen LogP contribution in [0.25, 0.3) is 22.6 Å². The summed E-state index contributed by atoms with van der Waals surface area (Å²) < 4.78 is 15.7. The van der Waals surface area contributed by atoms with Crippen LogP contribution in [0.4, 0.5) is 9.52 Å². The molecule has 0 aliphatic heterocycles. The van der Waals surface area contributed by atoms with Gasteiger partial charge in [-0.1, -0.05) is 35.9 Å². The summed E-state index contributed by atoms with van der Waals surface area (Å²) in [7, 11) is 0. The molecule has 0 unspecified atom stereocenters. The Morgan fingerprint density at radius 2 is 2.03 bits per heavy atom. The van der Waals surface area contributed by atoms with Gasteiger partial charge in [-0.3, -0.25) is 14.5 Å². The quantitative estimate of drug-likeness (QED) is 0.405. The molecular formula is C21H18FN5OS2. The number of hydrogen-bond donors (Lipinski definition) is 2. The van der Waals surface area contributed by atoms with Gasteiger partial charge in [0.15, 0.2) is 15.7 Å². The molecule has 9 heteroatoms. The monoisotopic (exact) mass is 439 g/mol. The number of thiazole rings is 1. The van der Waals surface area contributed by atoms with Gasteiger partial charge in [0, 0.05) is 29.5 Å². The van der Waals surface area contributed by atoms with E-state index >= 15 is 0 Å². The number of nitrogens with zero attached hydrogens (tertiary/aromatic N) is 3. The van der Waals surface area contributed by atoms with E-state index in [4.69, 9.17) is 12.2 Å². The summed E-state index contributed by atoms with van der Waals surface area (Å²) >= 11 is 6.62. The zero-order valence-electron chi connectivity index (χ0n) is 16.1. The fraction of sp³-hybridized carbons (Fsp3) is 0.143. The van der Waals surface area contributed by atoms with Crippen LogP contribution in [0.5, 0.6) is 0 Å². The highest BCUT2D eigenvalue weighted by Gasteiger charge is 2.13. The molecule has 4 aromatic rings. The van der Waals surface area contributed by atoms with E-state index < -0.39 is 0 Å². The average Bonchev–Trinajstić information content (AvgIpc) is 3.33. The van der Waals surface area contributed by atoms with E-state index in [-0.39, 0.29) is 18.1 Å². The van der Waals surface area contributed by atoms with E-state index in [1.54, 1.807) is 17.5 Å². The maximum Gasteiger partial charge on any atom is 0.227 e. The molecule has 6 nitrogen and oxygen atoms in total. The van der Waals surface area contributed by atoms with Gasteiger partial charge in [0.1, 0.15) is 5.82 Å². The van der Waals surface area contributed by atoms with Gasteiger partial charge >= 0.3 is 0 Å². The second-order valence-corrected chi connectivity index (χ2v) is 7.96. The van der Waals surface area contributed by atoms with Crippen molar-refractivity contribution in [1.29, 1.82) is 0 Å². The van der Waals surface area contributed by atoms with Crippen molar-refractivity contribution >= 4 is 34.6 Å². The summed E-state index contributed by atoms with van der Waals surface area (Å²) in [5, 5.41) is 12.1. The van der Waals surface area contributed by atoms with Crippen molar-refractivity contribution in [3.8, 4) is 22.6 Å². The van der Waals surface area contributed by atoms with Crippen LogP contribution in [0.15, 0.2) is 53.9 Å². The maximum absolute atomic E-state index is 13.4. The smallest absolute Gasteiger partial charge is 0.227 e. The molecule has 2 aromatic carbocycles. The summed E-state index contributed by atoms with van der Waals surface area (Å²) in [6, 6.07) is 14.1. The number of hydrogen-bond acceptors (Lipinski definition) is 5. The number of halogens is 1. The first-order chi connectivity index (χ1) is 14.5. The molecule has 2 aromatic heterocycles. The second kappa shape index (κ2) is 8.68. The number of aromatic amines is 1. The predicted molar refractivity (Wildman–Crippen MR) is 118 cm³/mol. The lowest BCUT2D eigenvalue weighted by Gasteiger charge is -2.07. The Balaban J connectivity index is 1.43. The summed E-state index contributed by atoms with van der Waals surface area (Å²) in [6.45, 7) is 2.39. The summed E-state index contributed by atoms with van der Waals surface area (Å²) in [5.41, 5.74) is 3.33. The molecule has 30 heavy (non-hydrogen) atoms. The molecule has 152 valence electrons. The molecule has 0 spiro atoms. The highest BCUT2D eigenvalue weighted by Crippen LogP contribution is 2.25. The molecule has 0 radical (unpaired) electrons. The number of carbonyl (C=O) groups excluding carboxylic acids is 1. The van der Waals surface area contributed by atoms with Crippen molar-refractivity contribution in [2.75, 3.05) is 5.32 Å². The highest BCUT2D eigenvalue weighted by molar-refractivity contribution is 7.71. The average molecular weight is 440 g/mol. The van der Waals surface area contributed by atoms with Crippen LogP contribution in [-0.2, 0) is 11.3 Å². The third-order valence-corrected chi connectivity index (χ3v) is 5.54. The Morgan fingerprint density at radius 3 is 2.83 bits per heavy atom. The minimum Gasteiger partial charge on any atom is -0.302 e. The van der Waals surface area contributed by atoms with E-state index in [2.05, 4.69) is 20.5 Å². The molecule has 0 aliphatic carbocycles. The number of benzene rings is 2. The molecule has 0 bridgehead atoms. The number of H-pyrrole nitrogens is 1. The first kappa shape index (κ1) is 20.1. The Labute approximate surface area is 181 Å². The number of aromatic nitrogens is 4. The molecule has 4 rings (SSSR count). The van der Waals surface area contributed by atoms with Gasteiger partial charge in [-0.2, -0.15) is 5.10 Å². The van der Waals surface area contributed by atoms with E-state index in [1.165, 1.54) is 23.5 Å². The number of rotatable bonds is 6. The molecule has 0 fully saturated rings. The fourth-order valence-electron chi connectivity index (χ4n) is 3.04. The van der Waals surface area contributed by atoms with Gasteiger partial charge in [-0.25, -0.2) is 9.37 Å². The lowest BCUT2D eigenvalue weighted by molar-refractivity contribution is -0.116. The number of nitrogens with one attached hydrogen (secondary N) is 2. The maximum atomic E-state index is 13.4. The predicted octanol–water partition coefficient (Wildman–Crippen LogP) is 5.21. The van der Waals surface area contributed by atoms with Crippen molar-refractivity contribution in [3.05, 3.63) is 70.1 Å². The van der Waals surface area contributed by atoms with Gasteiger partial charge in [-0.05, 0) is 37.3 Å². The molecule has 2 heterocycles. The Kier molecular flexibility index (Phi) is 5.82. The largest absolute Gasteiger partial charge is 0.302 e. The zero-order chi connectivity index (χ0) is 21.1. The Hall–Kier alpha value is -3.17. The second-order valence-electron chi connectivity index (χ2n) is 6.72. The van der Waals surface area contributed by atoms with E-state index in [0.717, 1.165) is 11.1 Å². The minimum absolute atomic E-state index is 0.187. The zero-order valence-corrected chi connectivity index (χ0v) is 17.7. The van der Waals surface area contributed by atoms with Gasteiger partial charge in [0.2, 0.25) is 5.91 Å². The number of amides is 1. The fourth-order valence-corrected chi connectivity index (χ4v) is 4.00. The van der Waals surface area contributed by atoms with Crippen LogP contribution in [0.2, 0.25) is 0 Å². The van der Waals surface area contributed by atoms with Crippen LogP contribution in [0.3, 0.4) is 0 Å². The first-order valence-corrected chi connectivity index (χ1v) is 10.5. The van der Waals surface area contributed by atoms with Gasteiger partial charge in [-0.15, -0.1) is 11.3 Å². The number of carbonyl (C=O) groups is 1. The molecule has 0 saturated carbocycles. The molecule has 0 saturated heterocycles. The van der Waals surface area contributed by atoms with Crippen molar-refractivity contribution < 1.29 is 9.18 Å². The third kappa shape index (κ3) is 4.52. The minimum atomic E-state index is -0.327. The van der Waals surface area contributed by atoms with Crippen LogP contribution < -0.4 is 5.32 Å². The third-order valence-electron chi connectivity index (χ3n) is 4.47. The highest BCUT2D eigenvalue weighted by atomic mass is 32.1. The Bertz CT molecular complexity index is 1260. The van der Waals surface area contributed by atoms with Crippen molar-refractivity contribution in [2.24, 2.45) is 0 Å². The Morgan fingerprint density at radius 1 is 1.23 bits per heavy atom. The normalized spacial score (nSPS) is 10.9. The molecule has 2 N–H and O–H groups in total. The van der Waals surface area contributed by atoms with E-state index in [1.807, 2.05) is 35.8 Å². The molecular weight excluding hydrogens is 421 g/mol. The first-order valence-electron chi connectivity index (χ1n) is 9.23. The van der Waals surface area contributed by atoms with Crippen molar-refractivity contribution in [2.45, 2.75) is 19.9 Å². The number of anilines is 1. The SMILES string of the molecule is Cc1cccc(-c2n[nH]c(=S)n2CCC(=O)Nc2nc(-c3cccc(F)c3)cs2)c1. The van der Waals surface area contributed by atoms with Crippen LogP contribution in [0.1, 0.15) is 12.0 Å².